The summed E-state index contributed by atoms with van der Waals surface area (Å²) in [5, 5.41) is 53.9. The molecule has 1 rings (SSSR count). The van der Waals surface area contributed by atoms with E-state index >= 15 is 0 Å². The summed E-state index contributed by atoms with van der Waals surface area (Å²) >= 11 is 0. The molecule has 7 atom stereocenters. The molecule has 0 aromatic heterocycles. The van der Waals surface area contributed by atoms with Crippen LogP contribution in [0.3, 0.4) is 0 Å². The van der Waals surface area contributed by atoms with Crippen molar-refractivity contribution in [3.63, 3.8) is 0 Å². The van der Waals surface area contributed by atoms with Crippen molar-refractivity contribution in [3.8, 4) is 0 Å². The second-order valence-electron chi connectivity index (χ2n) is 19.4. The van der Waals surface area contributed by atoms with Gasteiger partial charge in [0, 0.05) is 6.42 Å². The minimum Gasteiger partial charge on any atom is -0.394 e. The Morgan fingerprint density at radius 1 is 0.500 bits per heavy atom. The van der Waals surface area contributed by atoms with Crippen LogP contribution in [0.5, 0.6) is 0 Å². The van der Waals surface area contributed by atoms with Crippen molar-refractivity contribution in [1.82, 2.24) is 5.32 Å². The first kappa shape index (κ1) is 65.1. The number of aliphatic hydroxyl groups is 5. The van der Waals surface area contributed by atoms with Gasteiger partial charge in [0.15, 0.2) is 6.29 Å². The number of carbonyl (C=O) groups excluding carboxylic acids is 1. The smallest absolute Gasteiger partial charge is 0.220 e. The summed E-state index contributed by atoms with van der Waals surface area (Å²) in [6, 6.07) is -0.803. The molecule has 0 aromatic rings. The quantitative estimate of drug-likeness (QED) is 0.0261. The monoisotopic (exact) mass is 980 g/mol. The Hall–Kier alpha value is -2.89. The molecule has 6 N–H and O–H groups in total. The number of unbranched alkanes of at least 4 members (excludes halogenated alkanes) is 23. The van der Waals surface area contributed by atoms with Gasteiger partial charge in [-0.15, -0.1) is 0 Å². The molecule has 1 aliphatic heterocycles. The maximum atomic E-state index is 12.9. The van der Waals surface area contributed by atoms with E-state index in [1.54, 1.807) is 6.08 Å². The van der Waals surface area contributed by atoms with Crippen molar-refractivity contribution < 1.29 is 39.8 Å². The summed E-state index contributed by atoms with van der Waals surface area (Å²) in [4.78, 5) is 12.9. The van der Waals surface area contributed by atoms with Crippen molar-refractivity contribution in [1.29, 1.82) is 0 Å². The number of nitrogens with one attached hydrogen (secondary N) is 1. The zero-order valence-electron chi connectivity index (χ0n) is 44.5. The molecule has 0 spiro atoms. The van der Waals surface area contributed by atoms with E-state index in [2.05, 4.69) is 104 Å². The largest absolute Gasteiger partial charge is 0.394 e. The summed E-state index contributed by atoms with van der Waals surface area (Å²) in [5.41, 5.74) is 0. The number of ether oxygens (including phenoxy) is 2. The van der Waals surface area contributed by atoms with Gasteiger partial charge in [0.2, 0.25) is 5.91 Å². The van der Waals surface area contributed by atoms with Crippen LogP contribution in [0.15, 0.2) is 97.2 Å². The highest BCUT2D eigenvalue weighted by Crippen LogP contribution is 2.23. The molecule has 0 radical (unpaired) electrons. The third-order valence-electron chi connectivity index (χ3n) is 12.9. The summed E-state index contributed by atoms with van der Waals surface area (Å²) < 4.78 is 11.2. The van der Waals surface area contributed by atoms with Gasteiger partial charge in [-0.25, -0.2) is 0 Å². The molecule has 9 heteroatoms. The van der Waals surface area contributed by atoms with Crippen LogP contribution in [0.2, 0.25) is 0 Å². The van der Waals surface area contributed by atoms with Crippen molar-refractivity contribution in [2.24, 2.45) is 0 Å². The normalized spacial score (nSPS) is 20.1. The zero-order valence-corrected chi connectivity index (χ0v) is 44.5. The second-order valence-corrected chi connectivity index (χ2v) is 19.4. The maximum Gasteiger partial charge on any atom is 0.220 e. The number of amides is 1. The third-order valence-corrected chi connectivity index (χ3v) is 12.9. The van der Waals surface area contributed by atoms with Gasteiger partial charge in [0.1, 0.15) is 24.4 Å². The molecule has 0 bridgehead atoms. The highest BCUT2D eigenvalue weighted by molar-refractivity contribution is 5.76. The molecular formula is C61H105NO8. The SMILES string of the molecule is CC/C=C\C/C=C\C/C=C\C/C=C\C/C=C\C/C=C\C/C=C\CCCCCCCCCCCCCCCCCCCCCC(=O)NC(COC1OC(CO)C(O)C(O)C1O)C(O)/C=C/CCCCCC. The lowest BCUT2D eigenvalue weighted by molar-refractivity contribution is -0.302. The molecule has 1 amide bonds. The predicted molar refractivity (Wildman–Crippen MR) is 294 cm³/mol. The molecule has 0 aliphatic carbocycles. The van der Waals surface area contributed by atoms with E-state index in [9.17, 15) is 30.3 Å². The Morgan fingerprint density at radius 2 is 0.886 bits per heavy atom. The summed E-state index contributed by atoms with van der Waals surface area (Å²) in [7, 11) is 0. The molecular weight excluding hydrogens is 875 g/mol. The second kappa shape index (κ2) is 49.7. The average Bonchev–Trinajstić information content (AvgIpc) is 3.36. The highest BCUT2D eigenvalue weighted by Gasteiger charge is 2.44. The number of aliphatic hydroxyl groups excluding tert-OH is 5. The number of rotatable bonds is 47. The van der Waals surface area contributed by atoms with E-state index in [0.717, 1.165) is 96.3 Å². The van der Waals surface area contributed by atoms with Crippen LogP contribution in [0.1, 0.15) is 226 Å². The Labute approximate surface area is 428 Å². The lowest BCUT2D eigenvalue weighted by Gasteiger charge is -2.40. The minimum atomic E-state index is -1.57. The number of hydrogen-bond acceptors (Lipinski definition) is 8. The van der Waals surface area contributed by atoms with Gasteiger partial charge in [0.05, 0.1) is 25.4 Å². The van der Waals surface area contributed by atoms with Gasteiger partial charge in [-0.1, -0.05) is 239 Å². The predicted octanol–water partition coefficient (Wildman–Crippen LogP) is 14.0. The Morgan fingerprint density at radius 3 is 1.31 bits per heavy atom. The topological polar surface area (TPSA) is 149 Å². The van der Waals surface area contributed by atoms with Crippen molar-refractivity contribution in [2.45, 2.75) is 269 Å². The molecule has 0 aromatic carbocycles. The van der Waals surface area contributed by atoms with Crippen LogP contribution in [0.4, 0.5) is 0 Å². The van der Waals surface area contributed by atoms with Crippen molar-refractivity contribution in [3.05, 3.63) is 97.2 Å². The van der Waals surface area contributed by atoms with E-state index < -0.39 is 49.5 Å². The molecule has 0 saturated carbocycles. The Bertz CT molecular complexity index is 1420. The van der Waals surface area contributed by atoms with Crippen LogP contribution >= 0.6 is 0 Å². The summed E-state index contributed by atoms with van der Waals surface area (Å²) in [6.07, 6.45) is 65.4. The van der Waals surface area contributed by atoms with Gasteiger partial charge in [-0.3, -0.25) is 4.79 Å². The molecule has 7 unspecified atom stereocenters. The molecule has 9 nitrogen and oxygen atoms in total. The fourth-order valence-electron chi connectivity index (χ4n) is 8.43. The first-order valence-electron chi connectivity index (χ1n) is 28.5. The Kier molecular flexibility index (Phi) is 46.2. The van der Waals surface area contributed by atoms with Crippen LogP contribution in [-0.4, -0.2) is 87.5 Å². The number of carbonyl (C=O) groups is 1. The fourth-order valence-corrected chi connectivity index (χ4v) is 8.43. The summed E-state index contributed by atoms with van der Waals surface area (Å²) in [6.45, 7) is 3.57. The van der Waals surface area contributed by atoms with Gasteiger partial charge in [0.25, 0.3) is 0 Å². The van der Waals surface area contributed by atoms with E-state index in [1.807, 2.05) is 6.08 Å². The van der Waals surface area contributed by atoms with Gasteiger partial charge in [-0.2, -0.15) is 0 Å². The third kappa shape index (κ3) is 38.7. The summed E-state index contributed by atoms with van der Waals surface area (Å²) in [5.74, 6) is -0.184. The van der Waals surface area contributed by atoms with Gasteiger partial charge < -0.3 is 40.3 Å². The first-order valence-corrected chi connectivity index (χ1v) is 28.5. The zero-order chi connectivity index (χ0) is 50.8. The van der Waals surface area contributed by atoms with Crippen LogP contribution in [0.25, 0.3) is 0 Å². The lowest BCUT2D eigenvalue weighted by Crippen LogP contribution is -2.60. The minimum absolute atomic E-state index is 0.184. The van der Waals surface area contributed by atoms with Gasteiger partial charge >= 0.3 is 0 Å². The van der Waals surface area contributed by atoms with E-state index in [4.69, 9.17) is 9.47 Å². The molecule has 1 fully saturated rings. The lowest BCUT2D eigenvalue weighted by atomic mass is 9.99. The van der Waals surface area contributed by atoms with Crippen molar-refractivity contribution in [2.75, 3.05) is 13.2 Å². The number of hydrogen-bond donors (Lipinski definition) is 6. The fraction of sp³-hybridized carbons (Fsp3) is 0.721. The maximum absolute atomic E-state index is 12.9. The van der Waals surface area contributed by atoms with Gasteiger partial charge in [-0.05, 0) is 77.0 Å². The standard InChI is InChI=1S/C61H105NO8/c1-3-5-7-9-11-12-13-14-15-16-17-18-19-20-21-22-23-24-25-26-27-28-29-30-31-32-33-34-35-36-37-38-39-40-41-42-43-44-45-47-49-51-57(65)62-54(55(64)50-48-46-10-8-6-4-2)53-69-61-60(68)59(67)58(66)56(52-63)70-61/h5,7,11-12,14-15,17-18,20-21,23-24,26-27,48,50,54-56,58-61,63-64,66-68H,3-4,6,8-10,13,16,19,22,25,28-47,49,51-53H2,1-2H3,(H,62,65)/b7-5-,12-11-,15-14-,18-17-,21-20-,24-23-,27-26-,50-48+. The average molecular weight is 981 g/mol. The Balaban J connectivity index is 1.98. The molecule has 70 heavy (non-hydrogen) atoms. The molecule has 1 heterocycles. The number of allylic oxidation sites excluding steroid dienone is 15. The van der Waals surface area contributed by atoms with Crippen LogP contribution < -0.4 is 5.32 Å². The van der Waals surface area contributed by atoms with Crippen molar-refractivity contribution >= 4 is 5.91 Å². The highest BCUT2D eigenvalue weighted by atomic mass is 16.7. The van der Waals surface area contributed by atoms with E-state index in [1.165, 1.54) is 109 Å². The molecule has 402 valence electrons. The van der Waals surface area contributed by atoms with E-state index in [-0.39, 0.29) is 12.5 Å². The first-order chi connectivity index (χ1) is 34.3. The molecule has 1 aliphatic rings. The van der Waals surface area contributed by atoms with Crippen LogP contribution in [0, 0.1) is 0 Å². The molecule has 1 saturated heterocycles. The van der Waals surface area contributed by atoms with E-state index in [0.29, 0.717) is 6.42 Å². The van der Waals surface area contributed by atoms with Crippen LogP contribution in [-0.2, 0) is 14.3 Å².